The monoisotopic (exact) mass is 291 g/mol. The Morgan fingerprint density at radius 3 is 2.50 bits per heavy atom. The van der Waals surface area contributed by atoms with Gasteiger partial charge in [-0.05, 0) is 36.5 Å². The van der Waals surface area contributed by atoms with Crippen molar-refractivity contribution in [3.8, 4) is 0 Å². The Kier molecular flexibility index (Phi) is 6.44. The minimum Gasteiger partial charge on any atom is -0.310 e. The van der Waals surface area contributed by atoms with Crippen molar-refractivity contribution in [2.24, 2.45) is 5.92 Å². The normalized spacial score (nSPS) is 23.2. The van der Waals surface area contributed by atoms with Gasteiger partial charge >= 0.3 is 0 Å². The molecule has 2 atom stereocenters. The quantitative estimate of drug-likeness (QED) is 0.768. The first-order chi connectivity index (χ1) is 9.69. The van der Waals surface area contributed by atoms with Crippen LogP contribution in [0.25, 0.3) is 0 Å². The Morgan fingerprint density at radius 1 is 1.15 bits per heavy atom. The third kappa shape index (κ3) is 4.82. The lowest BCUT2D eigenvalue weighted by Crippen LogP contribution is -2.22. The average molecular weight is 292 g/mol. The van der Waals surface area contributed by atoms with Crippen molar-refractivity contribution in [2.45, 2.75) is 75.6 Å². The Morgan fingerprint density at radius 2 is 1.85 bits per heavy atom. The molecule has 0 heterocycles. The third-order valence-corrected chi connectivity index (χ3v) is 5.76. The molecule has 1 aromatic carbocycles. The van der Waals surface area contributed by atoms with Crippen LogP contribution < -0.4 is 5.32 Å². The van der Waals surface area contributed by atoms with E-state index < -0.39 is 0 Å². The molecule has 0 saturated heterocycles. The standard InChI is InChI=1S/C18H29NS/c1-4-16-7-5-6-8-18(16)20-17-11-9-15(10-12-17)13-19-14(2)3/h9-12,14,16,18-19H,4-8,13H2,1-3H3. The van der Waals surface area contributed by atoms with E-state index in [1.165, 1.54) is 42.6 Å². The summed E-state index contributed by atoms with van der Waals surface area (Å²) in [6.45, 7) is 7.71. The summed E-state index contributed by atoms with van der Waals surface area (Å²) in [5.41, 5.74) is 1.39. The highest BCUT2D eigenvalue weighted by Crippen LogP contribution is 2.38. The topological polar surface area (TPSA) is 12.0 Å². The summed E-state index contributed by atoms with van der Waals surface area (Å²) in [4.78, 5) is 1.45. The summed E-state index contributed by atoms with van der Waals surface area (Å²) in [6, 6.07) is 9.73. The van der Waals surface area contributed by atoms with E-state index in [-0.39, 0.29) is 0 Å². The van der Waals surface area contributed by atoms with Gasteiger partial charge in [0, 0.05) is 22.7 Å². The molecule has 20 heavy (non-hydrogen) atoms. The van der Waals surface area contributed by atoms with Crippen molar-refractivity contribution in [1.29, 1.82) is 0 Å². The molecule has 1 N–H and O–H groups in total. The van der Waals surface area contributed by atoms with Crippen LogP contribution in [0.5, 0.6) is 0 Å². The zero-order chi connectivity index (χ0) is 14.4. The second-order valence-electron chi connectivity index (χ2n) is 6.29. The van der Waals surface area contributed by atoms with Crippen LogP contribution in [0.3, 0.4) is 0 Å². The van der Waals surface area contributed by atoms with Gasteiger partial charge < -0.3 is 5.32 Å². The van der Waals surface area contributed by atoms with Crippen LogP contribution in [0.4, 0.5) is 0 Å². The first-order valence-corrected chi connectivity index (χ1v) is 9.06. The molecule has 0 amide bonds. The van der Waals surface area contributed by atoms with Crippen LogP contribution >= 0.6 is 11.8 Å². The van der Waals surface area contributed by atoms with E-state index in [2.05, 4.69) is 62.1 Å². The smallest absolute Gasteiger partial charge is 0.0207 e. The summed E-state index contributed by atoms with van der Waals surface area (Å²) in [7, 11) is 0. The Balaban J connectivity index is 1.89. The molecule has 2 heteroatoms. The predicted octanol–water partition coefficient (Wildman–Crippen LogP) is 5.25. The molecule has 2 rings (SSSR count). The van der Waals surface area contributed by atoms with Gasteiger partial charge in [0.1, 0.15) is 0 Å². The molecular formula is C18H29NS. The lowest BCUT2D eigenvalue weighted by molar-refractivity contribution is 0.361. The van der Waals surface area contributed by atoms with Gasteiger partial charge in [0.15, 0.2) is 0 Å². The van der Waals surface area contributed by atoms with E-state index in [1.807, 2.05) is 0 Å². The van der Waals surface area contributed by atoms with Crippen molar-refractivity contribution in [3.05, 3.63) is 29.8 Å². The molecule has 1 aliphatic carbocycles. The number of nitrogens with one attached hydrogen (secondary N) is 1. The van der Waals surface area contributed by atoms with Gasteiger partial charge in [-0.1, -0.05) is 52.2 Å². The zero-order valence-electron chi connectivity index (χ0n) is 13.2. The van der Waals surface area contributed by atoms with Crippen molar-refractivity contribution in [2.75, 3.05) is 0 Å². The van der Waals surface area contributed by atoms with Crippen LogP contribution in [0.1, 0.15) is 58.4 Å². The third-order valence-electron chi connectivity index (χ3n) is 4.29. The number of benzene rings is 1. The fraction of sp³-hybridized carbons (Fsp3) is 0.667. The van der Waals surface area contributed by atoms with Gasteiger partial charge in [0.2, 0.25) is 0 Å². The van der Waals surface area contributed by atoms with Gasteiger partial charge in [0.05, 0.1) is 0 Å². The zero-order valence-corrected chi connectivity index (χ0v) is 14.0. The van der Waals surface area contributed by atoms with Gasteiger partial charge in [-0.2, -0.15) is 0 Å². The molecule has 0 bridgehead atoms. The number of hydrogen-bond acceptors (Lipinski definition) is 2. The van der Waals surface area contributed by atoms with Crippen LogP contribution in [0.2, 0.25) is 0 Å². The highest BCUT2D eigenvalue weighted by molar-refractivity contribution is 8.00. The highest BCUT2D eigenvalue weighted by Gasteiger charge is 2.24. The lowest BCUT2D eigenvalue weighted by atomic mass is 9.87. The summed E-state index contributed by atoms with van der Waals surface area (Å²) in [5.74, 6) is 0.927. The molecule has 1 saturated carbocycles. The average Bonchev–Trinajstić information content (AvgIpc) is 2.47. The van der Waals surface area contributed by atoms with Gasteiger partial charge in [0.25, 0.3) is 0 Å². The van der Waals surface area contributed by atoms with Crippen molar-refractivity contribution in [3.63, 3.8) is 0 Å². The van der Waals surface area contributed by atoms with E-state index in [0.717, 1.165) is 17.7 Å². The molecule has 0 aliphatic heterocycles. The van der Waals surface area contributed by atoms with E-state index in [0.29, 0.717) is 6.04 Å². The molecule has 1 nitrogen and oxygen atoms in total. The summed E-state index contributed by atoms with van der Waals surface area (Å²) in [5, 5.41) is 4.31. The van der Waals surface area contributed by atoms with Crippen LogP contribution in [0, 0.1) is 5.92 Å². The van der Waals surface area contributed by atoms with Crippen molar-refractivity contribution < 1.29 is 0 Å². The van der Waals surface area contributed by atoms with Gasteiger partial charge in [-0.25, -0.2) is 0 Å². The molecule has 1 aliphatic rings. The maximum atomic E-state index is 3.47. The lowest BCUT2D eigenvalue weighted by Gasteiger charge is -2.30. The fourth-order valence-electron chi connectivity index (χ4n) is 2.98. The second kappa shape index (κ2) is 8.09. The van der Waals surface area contributed by atoms with Gasteiger partial charge in [-0.15, -0.1) is 11.8 Å². The second-order valence-corrected chi connectivity index (χ2v) is 7.60. The minimum atomic E-state index is 0.552. The highest BCUT2D eigenvalue weighted by atomic mass is 32.2. The van der Waals surface area contributed by atoms with Gasteiger partial charge in [-0.3, -0.25) is 0 Å². The Bertz CT molecular complexity index is 385. The minimum absolute atomic E-state index is 0.552. The van der Waals surface area contributed by atoms with E-state index in [4.69, 9.17) is 0 Å². The summed E-state index contributed by atoms with van der Waals surface area (Å²) >= 11 is 2.11. The Hall–Kier alpha value is -0.470. The maximum Gasteiger partial charge on any atom is 0.0207 e. The van der Waals surface area contributed by atoms with Crippen LogP contribution in [-0.2, 0) is 6.54 Å². The molecule has 0 radical (unpaired) electrons. The van der Waals surface area contributed by atoms with E-state index >= 15 is 0 Å². The molecule has 1 fully saturated rings. The van der Waals surface area contributed by atoms with Crippen molar-refractivity contribution >= 4 is 11.8 Å². The molecule has 112 valence electrons. The first kappa shape index (κ1) is 15.9. The Labute approximate surface area is 128 Å². The molecule has 0 aromatic heterocycles. The van der Waals surface area contributed by atoms with E-state index in [1.54, 1.807) is 0 Å². The number of thioether (sulfide) groups is 1. The number of rotatable bonds is 6. The van der Waals surface area contributed by atoms with E-state index in [9.17, 15) is 0 Å². The fourth-order valence-corrected chi connectivity index (χ4v) is 4.43. The largest absolute Gasteiger partial charge is 0.310 e. The molecular weight excluding hydrogens is 262 g/mol. The maximum absolute atomic E-state index is 3.47. The van der Waals surface area contributed by atoms with Crippen molar-refractivity contribution in [1.82, 2.24) is 5.32 Å². The summed E-state index contributed by atoms with van der Waals surface area (Å²) < 4.78 is 0. The molecule has 0 spiro atoms. The molecule has 2 unspecified atom stereocenters. The van der Waals surface area contributed by atoms with Crippen LogP contribution in [0.15, 0.2) is 29.2 Å². The molecule has 1 aromatic rings. The van der Waals surface area contributed by atoms with Crippen LogP contribution in [-0.4, -0.2) is 11.3 Å². The number of hydrogen-bond donors (Lipinski definition) is 1. The summed E-state index contributed by atoms with van der Waals surface area (Å²) in [6.07, 6.45) is 7.04. The first-order valence-electron chi connectivity index (χ1n) is 8.18. The SMILES string of the molecule is CCC1CCCCC1Sc1ccc(CNC(C)C)cc1. The predicted molar refractivity (Wildman–Crippen MR) is 90.3 cm³/mol.